The summed E-state index contributed by atoms with van der Waals surface area (Å²) in [6.45, 7) is 2.74. The fourth-order valence-electron chi connectivity index (χ4n) is 2.45. The second kappa shape index (κ2) is 5.58. The molecule has 6 heteroatoms. The van der Waals surface area contributed by atoms with Crippen molar-refractivity contribution in [3.05, 3.63) is 39.9 Å². The lowest BCUT2D eigenvalue weighted by molar-refractivity contribution is -0.384. The fraction of sp³-hybridized carbons (Fsp3) is 0.500. The molecular formula is C14H18N2O4. The Labute approximate surface area is 117 Å². The van der Waals surface area contributed by atoms with E-state index in [-0.39, 0.29) is 18.0 Å². The summed E-state index contributed by atoms with van der Waals surface area (Å²) < 4.78 is 0. The molecule has 1 saturated heterocycles. The number of aliphatic hydroxyl groups is 1. The van der Waals surface area contributed by atoms with Gasteiger partial charge < -0.3 is 10.0 Å². The highest BCUT2D eigenvalue weighted by molar-refractivity contribution is 5.79. The zero-order valence-corrected chi connectivity index (χ0v) is 11.4. The highest BCUT2D eigenvalue weighted by Crippen LogP contribution is 2.21. The maximum atomic E-state index is 12.2. The van der Waals surface area contributed by atoms with Crippen molar-refractivity contribution in [2.24, 2.45) is 0 Å². The number of β-amino-alcohol motifs (C(OH)–C–C–N with tert-alkyl or cyclic N) is 1. The second-order valence-corrected chi connectivity index (χ2v) is 5.52. The highest BCUT2D eigenvalue weighted by Gasteiger charge is 2.30. The van der Waals surface area contributed by atoms with Crippen LogP contribution in [0, 0.1) is 10.1 Å². The summed E-state index contributed by atoms with van der Waals surface area (Å²) in [7, 11) is 0. The van der Waals surface area contributed by atoms with Crippen molar-refractivity contribution in [1.82, 2.24) is 4.90 Å². The van der Waals surface area contributed by atoms with Crippen LogP contribution in [-0.4, -0.2) is 39.5 Å². The number of carbonyl (C=O) groups excluding carboxylic acids is 1. The molecule has 0 bridgehead atoms. The van der Waals surface area contributed by atoms with E-state index in [0.29, 0.717) is 19.5 Å². The summed E-state index contributed by atoms with van der Waals surface area (Å²) in [5, 5.41) is 20.5. The Hall–Kier alpha value is -1.95. The van der Waals surface area contributed by atoms with Gasteiger partial charge in [0, 0.05) is 25.2 Å². The van der Waals surface area contributed by atoms with Crippen molar-refractivity contribution in [3.8, 4) is 0 Å². The Morgan fingerprint density at radius 3 is 2.65 bits per heavy atom. The van der Waals surface area contributed by atoms with E-state index in [1.165, 1.54) is 12.1 Å². The van der Waals surface area contributed by atoms with Gasteiger partial charge >= 0.3 is 0 Å². The molecule has 1 N–H and O–H groups in total. The second-order valence-electron chi connectivity index (χ2n) is 5.52. The van der Waals surface area contributed by atoms with Crippen molar-refractivity contribution in [3.63, 3.8) is 0 Å². The van der Waals surface area contributed by atoms with Crippen LogP contribution in [0.3, 0.4) is 0 Å². The van der Waals surface area contributed by atoms with Crippen molar-refractivity contribution in [2.45, 2.75) is 31.8 Å². The molecule has 0 aliphatic carbocycles. The van der Waals surface area contributed by atoms with E-state index >= 15 is 0 Å². The number of piperidine rings is 1. The Bertz CT molecular complexity index is 510. The molecule has 20 heavy (non-hydrogen) atoms. The number of rotatable bonds is 3. The van der Waals surface area contributed by atoms with Crippen LogP contribution in [0.4, 0.5) is 5.69 Å². The van der Waals surface area contributed by atoms with E-state index in [4.69, 9.17) is 0 Å². The summed E-state index contributed by atoms with van der Waals surface area (Å²) >= 11 is 0. The van der Waals surface area contributed by atoms with Crippen molar-refractivity contribution >= 4 is 11.6 Å². The molecule has 1 atom stereocenters. The predicted octanol–water partition coefficient (Wildman–Crippen LogP) is 1.51. The number of benzene rings is 1. The Kier molecular flexibility index (Phi) is 4.04. The molecule has 0 aromatic heterocycles. The molecule has 0 spiro atoms. The van der Waals surface area contributed by atoms with Crippen LogP contribution in [0.25, 0.3) is 0 Å². The quantitative estimate of drug-likeness (QED) is 0.671. The molecule has 6 nitrogen and oxygen atoms in total. The Morgan fingerprint density at radius 2 is 2.10 bits per heavy atom. The minimum absolute atomic E-state index is 0.0158. The lowest BCUT2D eigenvalue weighted by Crippen LogP contribution is -2.49. The summed E-state index contributed by atoms with van der Waals surface area (Å²) in [6, 6.07) is 5.99. The number of hydrogen-bond acceptors (Lipinski definition) is 4. The van der Waals surface area contributed by atoms with Crippen LogP contribution in [0.2, 0.25) is 0 Å². The van der Waals surface area contributed by atoms with Gasteiger partial charge in [0.05, 0.1) is 16.9 Å². The molecule has 0 radical (unpaired) electrons. The third kappa shape index (κ3) is 3.54. The van der Waals surface area contributed by atoms with Gasteiger partial charge in [-0.25, -0.2) is 0 Å². The largest absolute Gasteiger partial charge is 0.388 e. The van der Waals surface area contributed by atoms with Gasteiger partial charge in [-0.15, -0.1) is 0 Å². The first-order valence-corrected chi connectivity index (χ1v) is 6.61. The van der Waals surface area contributed by atoms with E-state index in [9.17, 15) is 20.0 Å². The number of nitrogens with zero attached hydrogens (tertiary/aromatic N) is 2. The normalized spacial score (nSPS) is 22.6. The van der Waals surface area contributed by atoms with Crippen LogP contribution in [0.15, 0.2) is 24.3 Å². The molecule has 1 amide bonds. The first-order valence-electron chi connectivity index (χ1n) is 6.61. The lowest BCUT2D eigenvalue weighted by atomic mass is 9.95. The van der Waals surface area contributed by atoms with Gasteiger partial charge in [0.1, 0.15) is 0 Å². The maximum Gasteiger partial charge on any atom is 0.269 e. The summed E-state index contributed by atoms with van der Waals surface area (Å²) in [5.74, 6) is -0.0566. The van der Waals surface area contributed by atoms with Crippen LogP contribution in [0.1, 0.15) is 25.3 Å². The molecule has 1 aromatic carbocycles. The predicted molar refractivity (Wildman–Crippen MR) is 73.2 cm³/mol. The van der Waals surface area contributed by atoms with Gasteiger partial charge in [-0.2, -0.15) is 0 Å². The molecule has 1 fully saturated rings. The minimum Gasteiger partial charge on any atom is -0.388 e. The molecule has 1 aliphatic rings. The maximum absolute atomic E-state index is 12.2. The number of hydrogen-bond donors (Lipinski definition) is 1. The molecule has 1 heterocycles. The van der Waals surface area contributed by atoms with Gasteiger partial charge in [-0.3, -0.25) is 14.9 Å². The smallest absolute Gasteiger partial charge is 0.269 e. The van der Waals surface area contributed by atoms with E-state index in [0.717, 1.165) is 12.0 Å². The van der Waals surface area contributed by atoms with Crippen molar-refractivity contribution in [2.75, 3.05) is 13.1 Å². The van der Waals surface area contributed by atoms with Crippen LogP contribution in [-0.2, 0) is 11.2 Å². The third-order valence-corrected chi connectivity index (χ3v) is 3.53. The average molecular weight is 278 g/mol. The van der Waals surface area contributed by atoms with Crippen LogP contribution < -0.4 is 0 Å². The first-order chi connectivity index (χ1) is 9.37. The van der Waals surface area contributed by atoms with Crippen molar-refractivity contribution in [1.29, 1.82) is 0 Å². The first kappa shape index (κ1) is 14.5. The lowest BCUT2D eigenvalue weighted by Gasteiger charge is -2.36. The van der Waals surface area contributed by atoms with Gasteiger partial charge in [-0.1, -0.05) is 12.1 Å². The summed E-state index contributed by atoms with van der Waals surface area (Å²) in [4.78, 5) is 23.9. The van der Waals surface area contributed by atoms with E-state index in [1.807, 2.05) is 0 Å². The molecule has 1 aromatic rings. The number of amides is 1. The fourth-order valence-corrected chi connectivity index (χ4v) is 2.45. The molecular weight excluding hydrogens is 260 g/mol. The standard InChI is InChI=1S/C14H18N2O4/c1-14(18)7-2-8-15(10-14)13(17)9-11-3-5-12(6-4-11)16(19)20/h3-6,18H,2,7-10H2,1H3. The van der Waals surface area contributed by atoms with E-state index in [1.54, 1.807) is 24.0 Å². The Balaban J connectivity index is 1.99. The monoisotopic (exact) mass is 278 g/mol. The minimum atomic E-state index is -0.816. The third-order valence-electron chi connectivity index (χ3n) is 3.53. The van der Waals surface area contributed by atoms with Gasteiger partial charge in [0.25, 0.3) is 5.69 Å². The number of nitro groups is 1. The topological polar surface area (TPSA) is 83.7 Å². The summed E-state index contributed by atoms with van der Waals surface area (Å²) in [6.07, 6.45) is 1.70. The van der Waals surface area contributed by atoms with Crippen molar-refractivity contribution < 1.29 is 14.8 Å². The molecule has 1 aliphatic heterocycles. The number of nitro benzene ring substituents is 1. The van der Waals surface area contributed by atoms with E-state index in [2.05, 4.69) is 0 Å². The summed E-state index contributed by atoms with van der Waals surface area (Å²) in [5.41, 5.74) is -0.0588. The molecule has 1 unspecified atom stereocenters. The van der Waals surface area contributed by atoms with E-state index < -0.39 is 10.5 Å². The van der Waals surface area contributed by atoms with Gasteiger partial charge in [0.15, 0.2) is 0 Å². The average Bonchev–Trinajstić information content (AvgIpc) is 2.38. The SMILES string of the molecule is CC1(O)CCCN(C(=O)Cc2ccc([N+](=O)[O-])cc2)C1. The molecule has 2 rings (SSSR count). The number of likely N-dealkylation sites (tertiary alicyclic amines) is 1. The van der Waals surface area contributed by atoms with Gasteiger partial charge in [-0.05, 0) is 25.3 Å². The molecule has 108 valence electrons. The van der Waals surface area contributed by atoms with Crippen LogP contribution in [0.5, 0.6) is 0 Å². The van der Waals surface area contributed by atoms with Gasteiger partial charge in [0.2, 0.25) is 5.91 Å². The Morgan fingerprint density at radius 1 is 1.45 bits per heavy atom. The zero-order valence-electron chi connectivity index (χ0n) is 11.4. The number of non-ortho nitro benzene ring substituents is 1. The number of carbonyl (C=O) groups is 1. The van der Waals surface area contributed by atoms with Crippen LogP contribution >= 0.6 is 0 Å². The zero-order chi connectivity index (χ0) is 14.8. The molecule has 0 saturated carbocycles. The highest BCUT2D eigenvalue weighted by atomic mass is 16.6.